The van der Waals surface area contributed by atoms with E-state index in [1.165, 1.54) is 6.07 Å². The highest BCUT2D eigenvalue weighted by Gasteiger charge is 2.09. The first-order chi connectivity index (χ1) is 9.22. The van der Waals surface area contributed by atoms with Crippen LogP contribution in [0, 0.1) is 0 Å². The average molecular weight is 262 g/mol. The van der Waals surface area contributed by atoms with Crippen LogP contribution in [0.4, 0.5) is 0 Å². The molecule has 0 bridgehead atoms. The van der Waals surface area contributed by atoms with Crippen LogP contribution < -0.4 is 20.7 Å². The summed E-state index contributed by atoms with van der Waals surface area (Å²) in [6.45, 7) is 0.226. The second-order valence-electron chi connectivity index (χ2n) is 3.70. The molecule has 0 fully saturated rings. The van der Waals surface area contributed by atoms with Crippen LogP contribution in [-0.2, 0) is 6.61 Å². The van der Waals surface area contributed by atoms with E-state index in [-0.39, 0.29) is 12.4 Å². The number of amides is 1. The first kappa shape index (κ1) is 13.0. The van der Waals surface area contributed by atoms with Crippen LogP contribution in [0.2, 0.25) is 0 Å². The summed E-state index contributed by atoms with van der Waals surface area (Å²) in [5.41, 5.74) is 1.99. The molecule has 1 aromatic heterocycles. The van der Waals surface area contributed by atoms with Gasteiger partial charge in [-0.05, 0) is 36.4 Å². The highest BCUT2D eigenvalue weighted by Crippen LogP contribution is 2.18. The highest BCUT2D eigenvalue weighted by atomic mass is 16.5. The molecule has 0 saturated carbocycles. The van der Waals surface area contributed by atoms with Crippen molar-refractivity contribution in [1.29, 1.82) is 0 Å². The first-order valence-electron chi connectivity index (χ1n) is 5.59. The predicted molar refractivity (Wildman–Crippen MR) is 67.7 cm³/mol. The summed E-state index contributed by atoms with van der Waals surface area (Å²) >= 11 is 0. The number of rotatable bonds is 5. The third-order valence-electron chi connectivity index (χ3n) is 2.46. The van der Waals surface area contributed by atoms with Gasteiger partial charge in [-0.1, -0.05) is 0 Å². The molecule has 0 unspecified atom stereocenters. The van der Waals surface area contributed by atoms with Gasteiger partial charge in [0.1, 0.15) is 23.9 Å². The molecule has 0 aliphatic heterocycles. The molecular formula is C13H14N2O4. The minimum absolute atomic E-state index is 0.149. The van der Waals surface area contributed by atoms with Gasteiger partial charge in [0.15, 0.2) is 5.76 Å². The monoisotopic (exact) mass is 262 g/mol. The molecule has 19 heavy (non-hydrogen) atoms. The van der Waals surface area contributed by atoms with Gasteiger partial charge in [-0.15, -0.1) is 0 Å². The van der Waals surface area contributed by atoms with Crippen molar-refractivity contribution in [2.24, 2.45) is 5.84 Å². The van der Waals surface area contributed by atoms with Crippen molar-refractivity contribution < 1.29 is 18.7 Å². The SMILES string of the molecule is COc1ccc(OCc2ccc(C(=O)NN)o2)cc1. The van der Waals surface area contributed by atoms with Gasteiger partial charge in [0, 0.05) is 0 Å². The number of hydrazine groups is 1. The molecule has 3 N–H and O–H groups in total. The summed E-state index contributed by atoms with van der Waals surface area (Å²) in [5, 5.41) is 0. The Bertz CT molecular complexity index is 548. The number of nitrogen functional groups attached to an aromatic ring is 1. The van der Waals surface area contributed by atoms with Crippen LogP contribution in [0.15, 0.2) is 40.8 Å². The fourth-order valence-electron chi connectivity index (χ4n) is 1.48. The Hall–Kier alpha value is -2.47. The maximum Gasteiger partial charge on any atom is 0.300 e. The number of carbonyl (C=O) groups is 1. The Labute approximate surface area is 110 Å². The third kappa shape index (κ3) is 3.26. The zero-order valence-electron chi connectivity index (χ0n) is 10.4. The Morgan fingerprint density at radius 2 is 1.89 bits per heavy atom. The lowest BCUT2D eigenvalue weighted by molar-refractivity contribution is 0.0922. The summed E-state index contributed by atoms with van der Waals surface area (Å²) in [5.74, 6) is 6.65. The summed E-state index contributed by atoms with van der Waals surface area (Å²) < 4.78 is 15.8. The van der Waals surface area contributed by atoms with Gasteiger partial charge in [0.25, 0.3) is 0 Å². The van der Waals surface area contributed by atoms with Crippen molar-refractivity contribution in [3.05, 3.63) is 47.9 Å². The number of carbonyl (C=O) groups excluding carboxylic acids is 1. The van der Waals surface area contributed by atoms with Crippen LogP contribution in [0.5, 0.6) is 11.5 Å². The van der Waals surface area contributed by atoms with E-state index in [1.807, 2.05) is 5.43 Å². The van der Waals surface area contributed by atoms with E-state index >= 15 is 0 Å². The maximum absolute atomic E-state index is 11.2. The standard InChI is InChI=1S/C13H14N2O4/c1-17-9-2-4-10(5-3-9)18-8-11-6-7-12(19-11)13(16)15-14/h2-7H,8,14H2,1H3,(H,15,16). The summed E-state index contributed by atoms with van der Waals surface area (Å²) in [7, 11) is 1.60. The average Bonchev–Trinajstić information content (AvgIpc) is 2.93. The molecule has 1 amide bonds. The lowest BCUT2D eigenvalue weighted by Crippen LogP contribution is -2.29. The van der Waals surface area contributed by atoms with Gasteiger partial charge in [0.05, 0.1) is 7.11 Å². The third-order valence-corrected chi connectivity index (χ3v) is 2.46. The van der Waals surface area contributed by atoms with Gasteiger partial charge in [-0.2, -0.15) is 0 Å². The van der Waals surface area contributed by atoms with Crippen molar-refractivity contribution >= 4 is 5.91 Å². The predicted octanol–water partition coefficient (Wildman–Crippen LogP) is 1.47. The Kier molecular flexibility index (Phi) is 4.04. The van der Waals surface area contributed by atoms with Crippen molar-refractivity contribution in [3.8, 4) is 11.5 Å². The summed E-state index contributed by atoms with van der Waals surface area (Å²) in [4.78, 5) is 11.2. The Morgan fingerprint density at radius 1 is 1.21 bits per heavy atom. The molecular weight excluding hydrogens is 248 g/mol. The molecule has 100 valence electrons. The summed E-state index contributed by atoms with van der Waals surface area (Å²) in [6, 6.07) is 10.4. The Morgan fingerprint density at radius 3 is 2.53 bits per heavy atom. The number of hydrogen-bond acceptors (Lipinski definition) is 5. The molecule has 0 radical (unpaired) electrons. The second kappa shape index (κ2) is 5.92. The molecule has 0 spiro atoms. The number of hydrogen-bond donors (Lipinski definition) is 2. The van der Waals surface area contributed by atoms with Gasteiger partial charge in [-0.25, -0.2) is 5.84 Å². The minimum Gasteiger partial charge on any atom is -0.497 e. The molecule has 1 heterocycles. The fraction of sp³-hybridized carbons (Fsp3) is 0.154. The van der Waals surface area contributed by atoms with Crippen LogP contribution in [-0.4, -0.2) is 13.0 Å². The van der Waals surface area contributed by atoms with E-state index < -0.39 is 5.91 Å². The van der Waals surface area contributed by atoms with E-state index in [4.69, 9.17) is 19.7 Å². The molecule has 0 aliphatic rings. The Balaban J connectivity index is 1.94. The topological polar surface area (TPSA) is 86.7 Å². The van der Waals surface area contributed by atoms with Crippen molar-refractivity contribution in [3.63, 3.8) is 0 Å². The molecule has 2 rings (SSSR count). The van der Waals surface area contributed by atoms with Crippen LogP contribution in [0.1, 0.15) is 16.3 Å². The van der Waals surface area contributed by atoms with Crippen molar-refractivity contribution in [2.45, 2.75) is 6.61 Å². The van der Waals surface area contributed by atoms with Gasteiger partial charge in [0.2, 0.25) is 0 Å². The number of methoxy groups -OCH3 is 1. The smallest absolute Gasteiger partial charge is 0.300 e. The highest BCUT2D eigenvalue weighted by molar-refractivity contribution is 5.90. The lowest BCUT2D eigenvalue weighted by atomic mass is 10.3. The lowest BCUT2D eigenvalue weighted by Gasteiger charge is -2.05. The molecule has 6 heteroatoms. The first-order valence-corrected chi connectivity index (χ1v) is 5.59. The number of nitrogens with one attached hydrogen (secondary N) is 1. The molecule has 0 aliphatic carbocycles. The van der Waals surface area contributed by atoms with Gasteiger partial charge in [-0.3, -0.25) is 10.2 Å². The van der Waals surface area contributed by atoms with Crippen LogP contribution >= 0.6 is 0 Å². The molecule has 6 nitrogen and oxygen atoms in total. The summed E-state index contributed by atoms with van der Waals surface area (Å²) in [6.07, 6.45) is 0. The van der Waals surface area contributed by atoms with Gasteiger partial charge >= 0.3 is 5.91 Å². The zero-order valence-corrected chi connectivity index (χ0v) is 10.4. The van der Waals surface area contributed by atoms with E-state index in [0.717, 1.165) is 5.75 Å². The molecule has 0 saturated heterocycles. The number of benzene rings is 1. The molecule has 0 atom stereocenters. The van der Waals surface area contributed by atoms with E-state index in [2.05, 4.69) is 0 Å². The van der Waals surface area contributed by atoms with Crippen LogP contribution in [0.3, 0.4) is 0 Å². The van der Waals surface area contributed by atoms with E-state index in [1.54, 1.807) is 37.4 Å². The van der Waals surface area contributed by atoms with E-state index in [0.29, 0.717) is 11.5 Å². The second-order valence-corrected chi connectivity index (χ2v) is 3.70. The minimum atomic E-state index is -0.476. The van der Waals surface area contributed by atoms with Crippen LogP contribution in [0.25, 0.3) is 0 Å². The normalized spacial score (nSPS) is 10.0. The fourth-order valence-corrected chi connectivity index (χ4v) is 1.48. The molecule has 2 aromatic rings. The molecule has 1 aromatic carbocycles. The quantitative estimate of drug-likeness (QED) is 0.484. The number of ether oxygens (including phenoxy) is 2. The van der Waals surface area contributed by atoms with E-state index in [9.17, 15) is 4.79 Å². The van der Waals surface area contributed by atoms with Crippen molar-refractivity contribution in [2.75, 3.05) is 7.11 Å². The zero-order chi connectivity index (χ0) is 13.7. The number of furan rings is 1. The van der Waals surface area contributed by atoms with Gasteiger partial charge < -0.3 is 13.9 Å². The number of nitrogens with two attached hydrogens (primary N) is 1. The maximum atomic E-state index is 11.2. The largest absolute Gasteiger partial charge is 0.497 e. The van der Waals surface area contributed by atoms with Crippen molar-refractivity contribution in [1.82, 2.24) is 5.43 Å².